The maximum atomic E-state index is 11.0. The molecule has 4 nitrogen and oxygen atoms in total. The van der Waals surface area contributed by atoms with Crippen LogP contribution in [-0.4, -0.2) is 27.4 Å². The minimum atomic E-state index is -0.908. The zero-order chi connectivity index (χ0) is 13.1. The number of fused-ring (bicyclic) bond motifs is 1. The molecule has 0 radical (unpaired) electrons. The van der Waals surface area contributed by atoms with Crippen molar-refractivity contribution in [3.63, 3.8) is 0 Å². The number of aromatic carboxylic acids is 1. The molecular formula is C14H17NO3. The number of aliphatic hydroxyl groups excluding tert-OH is 1. The molecule has 0 aliphatic rings. The van der Waals surface area contributed by atoms with Crippen molar-refractivity contribution < 1.29 is 15.0 Å². The lowest BCUT2D eigenvalue weighted by atomic mass is 10.1. The van der Waals surface area contributed by atoms with E-state index in [2.05, 4.69) is 6.92 Å². The van der Waals surface area contributed by atoms with E-state index in [1.807, 2.05) is 16.8 Å². The number of carboxylic acid groups (broad SMARTS) is 1. The smallest absolute Gasteiger partial charge is 0.335 e. The quantitative estimate of drug-likeness (QED) is 0.852. The Hall–Kier alpha value is -1.81. The number of hydrogen-bond acceptors (Lipinski definition) is 2. The topological polar surface area (TPSA) is 62.5 Å². The highest BCUT2D eigenvalue weighted by atomic mass is 16.4. The van der Waals surface area contributed by atoms with E-state index < -0.39 is 5.97 Å². The van der Waals surface area contributed by atoms with Gasteiger partial charge >= 0.3 is 5.97 Å². The average molecular weight is 247 g/mol. The van der Waals surface area contributed by atoms with E-state index in [0.29, 0.717) is 12.1 Å². The van der Waals surface area contributed by atoms with Crippen LogP contribution in [0.25, 0.3) is 10.9 Å². The molecule has 0 spiro atoms. The maximum Gasteiger partial charge on any atom is 0.335 e. The second kappa shape index (κ2) is 5.23. The summed E-state index contributed by atoms with van der Waals surface area (Å²) in [5, 5.41) is 19.1. The van der Waals surface area contributed by atoms with E-state index >= 15 is 0 Å². The Morgan fingerprint density at radius 3 is 2.78 bits per heavy atom. The highest BCUT2D eigenvalue weighted by Gasteiger charge is 2.11. The number of aromatic nitrogens is 1. The fraction of sp³-hybridized carbons (Fsp3) is 0.357. The fourth-order valence-corrected chi connectivity index (χ4v) is 2.27. The van der Waals surface area contributed by atoms with Gasteiger partial charge in [-0.3, -0.25) is 0 Å². The normalized spacial score (nSPS) is 11.0. The molecule has 1 aromatic carbocycles. The van der Waals surface area contributed by atoms with Gasteiger partial charge in [-0.15, -0.1) is 0 Å². The molecule has 0 bridgehead atoms. The first kappa shape index (κ1) is 12.6. The minimum Gasteiger partial charge on any atom is -0.478 e. The highest BCUT2D eigenvalue weighted by Crippen LogP contribution is 2.24. The van der Waals surface area contributed by atoms with Crippen LogP contribution in [0.2, 0.25) is 0 Å². The van der Waals surface area contributed by atoms with Crippen LogP contribution in [-0.2, 0) is 13.0 Å². The summed E-state index contributed by atoms with van der Waals surface area (Å²) in [6.07, 6.45) is 3.93. The second-order valence-electron chi connectivity index (χ2n) is 4.36. The van der Waals surface area contributed by atoms with E-state index in [0.717, 1.165) is 29.3 Å². The molecule has 0 saturated carbocycles. The molecule has 0 unspecified atom stereocenters. The molecule has 0 amide bonds. The monoisotopic (exact) mass is 247 g/mol. The van der Waals surface area contributed by atoms with Gasteiger partial charge in [-0.1, -0.05) is 13.3 Å². The van der Waals surface area contributed by atoms with E-state index in [9.17, 15) is 4.79 Å². The molecule has 0 aliphatic heterocycles. The summed E-state index contributed by atoms with van der Waals surface area (Å²) < 4.78 is 1.98. The predicted octanol–water partition coefficient (Wildman–Crippen LogP) is 2.28. The average Bonchev–Trinajstić information content (AvgIpc) is 2.68. The zero-order valence-electron chi connectivity index (χ0n) is 10.4. The molecule has 2 N–H and O–H groups in total. The van der Waals surface area contributed by atoms with Crippen LogP contribution in [0.1, 0.15) is 29.3 Å². The van der Waals surface area contributed by atoms with Crippen LogP contribution >= 0.6 is 0 Å². The summed E-state index contributed by atoms with van der Waals surface area (Å²) in [5.41, 5.74) is 2.43. The Labute approximate surface area is 105 Å². The van der Waals surface area contributed by atoms with Gasteiger partial charge in [-0.25, -0.2) is 4.79 Å². The van der Waals surface area contributed by atoms with Crippen LogP contribution in [0.5, 0.6) is 0 Å². The lowest BCUT2D eigenvalue weighted by Crippen LogP contribution is -2.00. The number of nitrogens with zero attached hydrogens (tertiary/aromatic N) is 1. The molecule has 96 valence electrons. The van der Waals surface area contributed by atoms with E-state index in [-0.39, 0.29) is 6.61 Å². The molecule has 1 heterocycles. The number of benzene rings is 1. The molecule has 2 aromatic rings. The first-order valence-corrected chi connectivity index (χ1v) is 6.13. The van der Waals surface area contributed by atoms with Crippen molar-refractivity contribution in [1.29, 1.82) is 0 Å². The van der Waals surface area contributed by atoms with Gasteiger partial charge < -0.3 is 14.8 Å². The van der Waals surface area contributed by atoms with Gasteiger partial charge in [0.1, 0.15) is 0 Å². The van der Waals surface area contributed by atoms with Crippen molar-refractivity contribution in [2.24, 2.45) is 0 Å². The predicted molar refractivity (Wildman–Crippen MR) is 70.0 cm³/mol. The Bertz CT molecular complexity index is 572. The molecule has 0 atom stereocenters. The van der Waals surface area contributed by atoms with E-state index in [1.165, 1.54) is 0 Å². The Morgan fingerprint density at radius 1 is 1.39 bits per heavy atom. The van der Waals surface area contributed by atoms with Crippen molar-refractivity contribution >= 4 is 16.9 Å². The first-order chi connectivity index (χ1) is 8.67. The summed E-state index contributed by atoms with van der Waals surface area (Å²) in [5.74, 6) is -0.908. The Balaban J connectivity index is 2.59. The summed E-state index contributed by atoms with van der Waals surface area (Å²) in [6, 6.07) is 5.14. The van der Waals surface area contributed by atoms with Crippen LogP contribution in [0.3, 0.4) is 0 Å². The molecular weight excluding hydrogens is 230 g/mol. The second-order valence-corrected chi connectivity index (χ2v) is 4.36. The van der Waals surface area contributed by atoms with Crippen LogP contribution < -0.4 is 0 Å². The molecule has 2 rings (SSSR count). The zero-order valence-corrected chi connectivity index (χ0v) is 10.4. The molecule has 0 saturated heterocycles. The third-order valence-corrected chi connectivity index (χ3v) is 3.07. The summed E-state index contributed by atoms with van der Waals surface area (Å²) in [6.45, 7) is 2.71. The number of aryl methyl sites for hydroxylation is 1. The lowest BCUT2D eigenvalue weighted by Gasteiger charge is -2.02. The van der Waals surface area contributed by atoms with Gasteiger partial charge in [-0.2, -0.15) is 0 Å². The number of carboxylic acids is 1. The Morgan fingerprint density at radius 2 is 2.17 bits per heavy atom. The molecule has 1 aromatic heterocycles. The van der Waals surface area contributed by atoms with Crippen LogP contribution in [0.15, 0.2) is 24.4 Å². The summed E-state index contributed by atoms with van der Waals surface area (Å²) >= 11 is 0. The van der Waals surface area contributed by atoms with E-state index in [1.54, 1.807) is 12.1 Å². The Kier molecular flexibility index (Phi) is 3.67. The number of rotatable bonds is 5. The SMILES string of the molecule is CCCc1cn(CCO)c2ccc(C(=O)O)cc12. The van der Waals surface area contributed by atoms with Gasteiger partial charge in [0.05, 0.1) is 12.2 Å². The highest BCUT2D eigenvalue weighted by molar-refractivity contribution is 5.95. The van der Waals surface area contributed by atoms with Crippen LogP contribution in [0, 0.1) is 0 Å². The van der Waals surface area contributed by atoms with Crippen molar-refractivity contribution in [2.75, 3.05) is 6.61 Å². The minimum absolute atomic E-state index is 0.0794. The van der Waals surface area contributed by atoms with Gasteiger partial charge in [0.2, 0.25) is 0 Å². The van der Waals surface area contributed by atoms with Crippen molar-refractivity contribution in [3.05, 3.63) is 35.5 Å². The van der Waals surface area contributed by atoms with Crippen molar-refractivity contribution in [3.8, 4) is 0 Å². The summed E-state index contributed by atoms with van der Waals surface area (Å²) in [7, 11) is 0. The number of aliphatic hydroxyl groups is 1. The number of carbonyl (C=O) groups is 1. The molecule has 18 heavy (non-hydrogen) atoms. The third kappa shape index (κ3) is 2.24. The van der Waals surface area contributed by atoms with Crippen molar-refractivity contribution in [1.82, 2.24) is 4.57 Å². The van der Waals surface area contributed by atoms with Gasteiger partial charge in [0.15, 0.2) is 0 Å². The number of hydrogen-bond donors (Lipinski definition) is 2. The fourth-order valence-electron chi connectivity index (χ4n) is 2.27. The van der Waals surface area contributed by atoms with Gasteiger partial charge in [0.25, 0.3) is 0 Å². The largest absolute Gasteiger partial charge is 0.478 e. The molecule has 0 aliphatic carbocycles. The maximum absolute atomic E-state index is 11.0. The van der Waals surface area contributed by atoms with Gasteiger partial charge in [-0.05, 0) is 30.2 Å². The van der Waals surface area contributed by atoms with Crippen LogP contribution in [0.4, 0.5) is 0 Å². The first-order valence-electron chi connectivity index (χ1n) is 6.13. The molecule has 4 heteroatoms. The lowest BCUT2D eigenvalue weighted by molar-refractivity contribution is 0.0697. The van der Waals surface area contributed by atoms with Crippen molar-refractivity contribution in [2.45, 2.75) is 26.3 Å². The third-order valence-electron chi connectivity index (χ3n) is 3.07. The summed E-state index contributed by atoms with van der Waals surface area (Å²) in [4.78, 5) is 11.0. The standard InChI is InChI=1S/C14H17NO3/c1-2-3-11-9-15(6-7-16)13-5-4-10(14(17)18)8-12(11)13/h4-5,8-9,16H,2-3,6-7H2,1H3,(H,17,18). The molecule has 0 fully saturated rings. The van der Waals surface area contributed by atoms with E-state index in [4.69, 9.17) is 10.2 Å². The van der Waals surface area contributed by atoms with Gasteiger partial charge in [0, 0.05) is 23.6 Å².